The lowest BCUT2D eigenvalue weighted by atomic mass is 10.2. The van der Waals surface area contributed by atoms with E-state index in [0.29, 0.717) is 0 Å². The highest BCUT2D eigenvalue weighted by atomic mass is 32.2. The van der Waals surface area contributed by atoms with E-state index in [1.165, 1.54) is 11.8 Å². The third-order valence-electron chi connectivity index (χ3n) is 4.02. The highest BCUT2D eigenvalue weighted by molar-refractivity contribution is 7.99. The van der Waals surface area contributed by atoms with Crippen molar-refractivity contribution in [3.05, 3.63) is 24.3 Å². The number of carbonyl (C=O) groups is 2. The first-order valence-electron chi connectivity index (χ1n) is 7.78. The summed E-state index contributed by atoms with van der Waals surface area (Å²) >= 11 is 1.33. The van der Waals surface area contributed by atoms with Gasteiger partial charge in [-0.05, 0) is 25.0 Å². The summed E-state index contributed by atoms with van der Waals surface area (Å²) in [5, 5.41) is 5.98. The number of amides is 3. The molecule has 0 radical (unpaired) electrons. The van der Waals surface area contributed by atoms with Gasteiger partial charge in [0, 0.05) is 13.1 Å². The van der Waals surface area contributed by atoms with Crippen molar-refractivity contribution in [1.29, 1.82) is 0 Å². The lowest BCUT2D eigenvalue weighted by Crippen LogP contribution is -2.44. The maximum Gasteiger partial charge on any atom is 0.321 e. The zero-order chi connectivity index (χ0) is 16.2. The lowest BCUT2D eigenvalue weighted by Gasteiger charge is -2.12. The Morgan fingerprint density at radius 1 is 1.30 bits per heavy atom. The van der Waals surface area contributed by atoms with Crippen LogP contribution in [0, 0.1) is 0 Å². The Bertz CT molecular complexity index is 722. The van der Waals surface area contributed by atoms with Gasteiger partial charge in [0.05, 0.1) is 16.8 Å². The lowest BCUT2D eigenvalue weighted by molar-refractivity contribution is -0.117. The van der Waals surface area contributed by atoms with Crippen LogP contribution in [0.25, 0.3) is 11.0 Å². The van der Waals surface area contributed by atoms with Crippen LogP contribution in [-0.4, -0.2) is 33.3 Å². The number of carbonyl (C=O) groups excluding carboxylic acids is 2. The van der Waals surface area contributed by atoms with Gasteiger partial charge in [0.1, 0.15) is 0 Å². The number of hydrogen-bond acceptors (Lipinski definition) is 4. The molecule has 7 heteroatoms. The summed E-state index contributed by atoms with van der Waals surface area (Å²) in [7, 11) is 1.92. The quantitative estimate of drug-likeness (QED) is 0.843. The summed E-state index contributed by atoms with van der Waals surface area (Å²) in [5.41, 5.74) is 1.92. The molecule has 3 rings (SSSR count). The fourth-order valence-electron chi connectivity index (χ4n) is 2.84. The normalized spacial score (nSPS) is 15.0. The Kier molecular flexibility index (Phi) is 4.85. The van der Waals surface area contributed by atoms with Crippen molar-refractivity contribution in [3.8, 4) is 0 Å². The van der Waals surface area contributed by atoms with Gasteiger partial charge in [-0.2, -0.15) is 0 Å². The second kappa shape index (κ2) is 7.04. The molecule has 0 bridgehead atoms. The predicted molar refractivity (Wildman–Crippen MR) is 90.4 cm³/mol. The molecule has 1 aromatic heterocycles. The first kappa shape index (κ1) is 15.9. The Labute approximate surface area is 139 Å². The smallest absolute Gasteiger partial charge is 0.321 e. The van der Waals surface area contributed by atoms with Crippen molar-refractivity contribution >= 4 is 34.7 Å². The number of aromatic nitrogens is 2. The van der Waals surface area contributed by atoms with Gasteiger partial charge >= 0.3 is 6.03 Å². The molecule has 122 valence electrons. The van der Waals surface area contributed by atoms with Gasteiger partial charge in [0.25, 0.3) is 0 Å². The molecule has 1 aromatic carbocycles. The molecule has 1 saturated carbocycles. The highest BCUT2D eigenvalue weighted by Gasteiger charge is 2.18. The molecule has 23 heavy (non-hydrogen) atoms. The molecule has 1 aliphatic rings. The summed E-state index contributed by atoms with van der Waals surface area (Å²) in [5.74, 6) is -0.146. The summed E-state index contributed by atoms with van der Waals surface area (Å²) in [6.07, 6.45) is 4.27. The molecule has 0 aliphatic heterocycles. The van der Waals surface area contributed by atoms with Crippen LogP contribution < -0.4 is 10.6 Å². The Balaban J connectivity index is 1.51. The van der Waals surface area contributed by atoms with Crippen LogP contribution in [-0.2, 0) is 11.8 Å². The second-order valence-electron chi connectivity index (χ2n) is 5.73. The average molecular weight is 332 g/mol. The number of imidazole rings is 1. The van der Waals surface area contributed by atoms with Gasteiger partial charge in [-0.3, -0.25) is 10.1 Å². The molecule has 0 spiro atoms. The number of urea groups is 1. The van der Waals surface area contributed by atoms with E-state index in [1.54, 1.807) is 0 Å². The Morgan fingerprint density at radius 2 is 2.04 bits per heavy atom. The van der Waals surface area contributed by atoms with Gasteiger partial charge in [0.15, 0.2) is 5.16 Å². The summed E-state index contributed by atoms with van der Waals surface area (Å²) in [6, 6.07) is 7.63. The van der Waals surface area contributed by atoms with E-state index in [2.05, 4.69) is 15.6 Å². The van der Waals surface area contributed by atoms with E-state index in [0.717, 1.165) is 41.9 Å². The third kappa shape index (κ3) is 3.85. The molecular formula is C16H20N4O2S. The molecule has 3 amide bonds. The molecule has 1 fully saturated rings. The fourth-order valence-corrected chi connectivity index (χ4v) is 3.62. The number of hydrogen-bond donors (Lipinski definition) is 2. The van der Waals surface area contributed by atoms with Gasteiger partial charge < -0.3 is 9.88 Å². The fraction of sp³-hybridized carbons (Fsp3) is 0.438. The summed E-state index contributed by atoms with van der Waals surface area (Å²) < 4.78 is 1.95. The summed E-state index contributed by atoms with van der Waals surface area (Å²) in [6.45, 7) is 0. The minimum atomic E-state index is -0.396. The van der Waals surface area contributed by atoms with Crippen LogP contribution in [0.3, 0.4) is 0 Å². The van der Waals surface area contributed by atoms with Crippen LogP contribution in [0.2, 0.25) is 0 Å². The molecular weight excluding hydrogens is 312 g/mol. The van der Waals surface area contributed by atoms with Gasteiger partial charge in [0.2, 0.25) is 5.91 Å². The van der Waals surface area contributed by atoms with Crippen molar-refractivity contribution < 1.29 is 9.59 Å². The number of para-hydroxylation sites is 2. The van der Waals surface area contributed by atoms with E-state index < -0.39 is 6.03 Å². The van der Waals surface area contributed by atoms with Crippen molar-refractivity contribution in [1.82, 2.24) is 20.2 Å². The largest absolute Gasteiger partial charge is 0.335 e. The van der Waals surface area contributed by atoms with E-state index in [9.17, 15) is 9.59 Å². The number of thioether (sulfide) groups is 1. The number of nitrogens with one attached hydrogen (secondary N) is 2. The van der Waals surface area contributed by atoms with Gasteiger partial charge in [-0.15, -0.1) is 0 Å². The monoisotopic (exact) mass is 332 g/mol. The summed E-state index contributed by atoms with van der Waals surface area (Å²) in [4.78, 5) is 28.1. The van der Waals surface area contributed by atoms with Gasteiger partial charge in [-0.25, -0.2) is 9.78 Å². The van der Waals surface area contributed by atoms with Crippen LogP contribution >= 0.6 is 11.8 Å². The molecule has 0 unspecified atom stereocenters. The van der Waals surface area contributed by atoms with Crippen LogP contribution in [0.1, 0.15) is 25.7 Å². The van der Waals surface area contributed by atoms with Crippen LogP contribution in [0.4, 0.5) is 4.79 Å². The van der Waals surface area contributed by atoms with Gasteiger partial charge in [-0.1, -0.05) is 36.7 Å². The second-order valence-corrected chi connectivity index (χ2v) is 6.68. The maximum atomic E-state index is 11.9. The molecule has 2 aromatic rings. The Hall–Kier alpha value is -2.02. The number of fused-ring (bicyclic) bond motifs is 1. The average Bonchev–Trinajstić information content (AvgIpc) is 3.14. The first-order chi connectivity index (χ1) is 11.1. The first-order valence-corrected chi connectivity index (χ1v) is 8.76. The number of imide groups is 1. The Morgan fingerprint density at radius 3 is 2.78 bits per heavy atom. The molecule has 0 atom stereocenters. The SMILES string of the molecule is Cn1c(SCC(=O)NC(=O)NC2CCCC2)nc2ccccc21. The molecule has 2 N–H and O–H groups in total. The number of benzene rings is 1. The topological polar surface area (TPSA) is 76.0 Å². The van der Waals surface area contributed by atoms with Crippen molar-refractivity contribution in [2.75, 3.05) is 5.75 Å². The number of rotatable bonds is 4. The van der Waals surface area contributed by atoms with Crippen molar-refractivity contribution in [2.24, 2.45) is 7.05 Å². The van der Waals surface area contributed by atoms with E-state index in [-0.39, 0.29) is 17.7 Å². The molecule has 1 heterocycles. The standard InChI is InChI=1S/C16H20N4O2S/c1-20-13-9-5-4-8-12(13)18-16(20)23-10-14(21)19-15(22)17-11-6-2-3-7-11/h4-5,8-9,11H,2-3,6-7,10H2,1H3,(H2,17,19,21,22). The minimum Gasteiger partial charge on any atom is -0.335 e. The number of nitrogens with zero attached hydrogens (tertiary/aromatic N) is 2. The number of aryl methyl sites for hydroxylation is 1. The van der Waals surface area contributed by atoms with Crippen molar-refractivity contribution in [2.45, 2.75) is 36.9 Å². The zero-order valence-electron chi connectivity index (χ0n) is 13.0. The third-order valence-corrected chi connectivity index (χ3v) is 5.05. The maximum absolute atomic E-state index is 11.9. The molecule has 6 nitrogen and oxygen atoms in total. The molecule has 1 aliphatic carbocycles. The van der Waals surface area contributed by atoms with E-state index in [1.807, 2.05) is 35.9 Å². The van der Waals surface area contributed by atoms with Crippen molar-refractivity contribution in [3.63, 3.8) is 0 Å². The zero-order valence-corrected chi connectivity index (χ0v) is 13.9. The van der Waals surface area contributed by atoms with E-state index >= 15 is 0 Å². The van der Waals surface area contributed by atoms with E-state index in [4.69, 9.17) is 0 Å². The van der Waals surface area contributed by atoms with Crippen LogP contribution in [0.5, 0.6) is 0 Å². The van der Waals surface area contributed by atoms with Crippen LogP contribution in [0.15, 0.2) is 29.4 Å². The molecule has 0 saturated heterocycles. The predicted octanol–water partition coefficient (Wildman–Crippen LogP) is 2.43. The minimum absolute atomic E-state index is 0.162. The highest BCUT2D eigenvalue weighted by Crippen LogP contribution is 2.22.